The summed E-state index contributed by atoms with van der Waals surface area (Å²) in [5.41, 5.74) is 1.16. The van der Waals surface area contributed by atoms with Crippen LogP contribution in [0.25, 0.3) is 0 Å². The number of nitrogens with one attached hydrogen (secondary N) is 1. The highest BCUT2D eigenvalue weighted by Crippen LogP contribution is 2.35. The van der Waals surface area contributed by atoms with Gasteiger partial charge in [0.05, 0.1) is 26.4 Å². The first-order chi connectivity index (χ1) is 11.7. The maximum Gasteiger partial charge on any atom is 0.270 e. The van der Waals surface area contributed by atoms with Crippen molar-refractivity contribution in [3.8, 4) is 17.4 Å². The minimum Gasteiger partial charge on any atom is -0.494 e. The van der Waals surface area contributed by atoms with Gasteiger partial charge in [-0.3, -0.25) is 4.79 Å². The van der Waals surface area contributed by atoms with Crippen molar-refractivity contribution in [1.29, 1.82) is 0 Å². The molecule has 3 rings (SSSR count). The van der Waals surface area contributed by atoms with Crippen LogP contribution in [0.4, 0.5) is 0 Å². The average Bonchev–Trinajstić information content (AvgIpc) is 2.62. The normalized spacial score (nSPS) is 15.8. The molecule has 1 aromatic carbocycles. The number of ether oxygens (including phenoxy) is 3. The molecular weight excluding hydrogens is 310 g/mol. The quantitative estimate of drug-likeness (QED) is 0.905. The van der Waals surface area contributed by atoms with E-state index in [0.717, 1.165) is 17.1 Å². The summed E-state index contributed by atoms with van der Waals surface area (Å²) in [5.74, 6) is 1.58. The number of aromatic nitrogens is 2. The zero-order chi connectivity index (χ0) is 16.9. The molecule has 0 saturated carbocycles. The van der Waals surface area contributed by atoms with Gasteiger partial charge in [-0.05, 0) is 25.1 Å². The SMILES string of the molecule is CCOc1ccc2c(c1)C(NC(=O)c1cc(OC)ncn1)CCO2. The highest BCUT2D eigenvalue weighted by atomic mass is 16.5. The van der Waals surface area contributed by atoms with Gasteiger partial charge in [0.25, 0.3) is 5.91 Å². The molecule has 7 heteroatoms. The van der Waals surface area contributed by atoms with Gasteiger partial charge in [0.2, 0.25) is 5.88 Å². The summed E-state index contributed by atoms with van der Waals surface area (Å²) in [6, 6.07) is 6.98. The Bertz CT molecular complexity index is 736. The Morgan fingerprint density at radius 2 is 2.25 bits per heavy atom. The molecule has 0 saturated heterocycles. The second-order valence-corrected chi connectivity index (χ2v) is 5.24. The van der Waals surface area contributed by atoms with Crippen LogP contribution in [-0.2, 0) is 0 Å². The molecule has 2 aromatic rings. The molecule has 1 amide bonds. The molecule has 1 N–H and O–H groups in total. The Morgan fingerprint density at radius 3 is 3.04 bits per heavy atom. The molecule has 0 aliphatic carbocycles. The van der Waals surface area contributed by atoms with Crippen LogP contribution in [0.1, 0.15) is 35.4 Å². The van der Waals surface area contributed by atoms with Gasteiger partial charge in [-0.1, -0.05) is 0 Å². The summed E-state index contributed by atoms with van der Waals surface area (Å²) < 4.78 is 16.2. The number of benzene rings is 1. The van der Waals surface area contributed by atoms with Crippen molar-refractivity contribution in [2.75, 3.05) is 20.3 Å². The second kappa shape index (κ2) is 7.16. The average molecular weight is 329 g/mol. The minimum atomic E-state index is -0.282. The number of methoxy groups -OCH3 is 1. The van der Waals surface area contributed by atoms with Crippen molar-refractivity contribution in [2.45, 2.75) is 19.4 Å². The fourth-order valence-corrected chi connectivity index (χ4v) is 2.59. The van der Waals surface area contributed by atoms with Gasteiger partial charge in [-0.25, -0.2) is 9.97 Å². The van der Waals surface area contributed by atoms with E-state index in [-0.39, 0.29) is 17.6 Å². The van der Waals surface area contributed by atoms with E-state index in [1.165, 1.54) is 19.5 Å². The number of nitrogens with zero attached hydrogens (tertiary/aromatic N) is 2. The third-order valence-corrected chi connectivity index (χ3v) is 3.72. The molecule has 7 nitrogen and oxygen atoms in total. The maximum absolute atomic E-state index is 12.5. The van der Waals surface area contributed by atoms with E-state index in [9.17, 15) is 4.79 Å². The molecule has 0 radical (unpaired) electrons. The molecular formula is C17H19N3O4. The van der Waals surface area contributed by atoms with Crippen molar-refractivity contribution in [2.24, 2.45) is 0 Å². The first-order valence-electron chi connectivity index (χ1n) is 7.77. The minimum absolute atomic E-state index is 0.164. The number of amides is 1. The van der Waals surface area contributed by atoms with Crippen LogP contribution in [0, 0.1) is 0 Å². The standard InChI is InChI=1S/C17H19N3O4/c1-3-23-11-4-5-15-12(8-11)13(6-7-24-15)20-17(21)14-9-16(22-2)19-10-18-14/h4-5,8-10,13H,3,6-7H2,1-2H3,(H,20,21). The van der Waals surface area contributed by atoms with Crippen LogP contribution in [0.3, 0.4) is 0 Å². The Kier molecular flexibility index (Phi) is 4.79. The molecule has 2 heterocycles. The predicted octanol–water partition coefficient (Wildman–Crippen LogP) is 2.14. The smallest absolute Gasteiger partial charge is 0.270 e. The highest BCUT2D eigenvalue weighted by molar-refractivity contribution is 5.92. The number of carbonyl (C=O) groups is 1. The van der Waals surface area contributed by atoms with Crippen molar-refractivity contribution in [3.05, 3.63) is 41.9 Å². The zero-order valence-electron chi connectivity index (χ0n) is 13.6. The van der Waals surface area contributed by atoms with Crippen LogP contribution in [-0.4, -0.2) is 36.2 Å². The van der Waals surface area contributed by atoms with E-state index in [1.807, 2.05) is 25.1 Å². The van der Waals surface area contributed by atoms with Crippen LogP contribution < -0.4 is 19.5 Å². The topological polar surface area (TPSA) is 82.6 Å². The Labute approximate surface area is 140 Å². The molecule has 24 heavy (non-hydrogen) atoms. The molecule has 0 fully saturated rings. The van der Waals surface area contributed by atoms with Gasteiger partial charge in [0.15, 0.2) is 0 Å². The number of carbonyl (C=O) groups excluding carboxylic acids is 1. The Morgan fingerprint density at radius 1 is 1.38 bits per heavy atom. The third kappa shape index (κ3) is 3.40. The Balaban J connectivity index is 1.81. The first kappa shape index (κ1) is 16.0. The van der Waals surface area contributed by atoms with Crippen molar-refractivity contribution >= 4 is 5.91 Å². The molecule has 0 bridgehead atoms. The molecule has 1 aliphatic heterocycles. The summed E-state index contributed by atoms with van der Waals surface area (Å²) in [7, 11) is 1.49. The number of fused-ring (bicyclic) bond motifs is 1. The fourth-order valence-electron chi connectivity index (χ4n) is 2.59. The summed E-state index contributed by atoms with van der Waals surface area (Å²) in [6.07, 6.45) is 1.98. The lowest BCUT2D eigenvalue weighted by molar-refractivity contribution is 0.0919. The summed E-state index contributed by atoms with van der Waals surface area (Å²) >= 11 is 0. The fraction of sp³-hybridized carbons (Fsp3) is 0.353. The molecule has 1 aromatic heterocycles. The molecule has 1 unspecified atom stereocenters. The summed E-state index contributed by atoms with van der Waals surface area (Å²) in [5, 5.41) is 2.99. The van der Waals surface area contributed by atoms with Crippen molar-refractivity contribution in [1.82, 2.24) is 15.3 Å². The van der Waals surface area contributed by atoms with Gasteiger partial charge >= 0.3 is 0 Å². The lowest BCUT2D eigenvalue weighted by Crippen LogP contribution is -2.32. The number of hydrogen-bond acceptors (Lipinski definition) is 6. The van der Waals surface area contributed by atoms with Gasteiger partial charge in [0, 0.05) is 18.1 Å². The molecule has 126 valence electrons. The Hall–Kier alpha value is -2.83. The second-order valence-electron chi connectivity index (χ2n) is 5.24. The highest BCUT2D eigenvalue weighted by Gasteiger charge is 2.24. The summed E-state index contributed by atoms with van der Waals surface area (Å²) in [6.45, 7) is 3.05. The van der Waals surface area contributed by atoms with E-state index in [0.29, 0.717) is 25.5 Å². The maximum atomic E-state index is 12.5. The van der Waals surface area contributed by atoms with Crippen molar-refractivity contribution < 1.29 is 19.0 Å². The lowest BCUT2D eigenvalue weighted by Gasteiger charge is -2.27. The van der Waals surface area contributed by atoms with Gasteiger partial charge in [0.1, 0.15) is 23.5 Å². The predicted molar refractivity (Wildman–Crippen MR) is 86.5 cm³/mol. The van der Waals surface area contributed by atoms with Gasteiger partial charge in [-0.2, -0.15) is 0 Å². The molecule has 1 atom stereocenters. The largest absolute Gasteiger partial charge is 0.494 e. The van der Waals surface area contributed by atoms with Crippen LogP contribution in [0.15, 0.2) is 30.6 Å². The number of rotatable bonds is 5. The summed E-state index contributed by atoms with van der Waals surface area (Å²) in [4.78, 5) is 20.4. The third-order valence-electron chi connectivity index (χ3n) is 3.72. The van der Waals surface area contributed by atoms with E-state index >= 15 is 0 Å². The molecule has 1 aliphatic rings. The van der Waals surface area contributed by atoms with Gasteiger partial charge < -0.3 is 19.5 Å². The van der Waals surface area contributed by atoms with Crippen LogP contribution >= 0.6 is 0 Å². The van der Waals surface area contributed by atoms with Crippen LogP contribution in [0.5, 0.6) is 17.4 Å². The van der Waals surface area contributed by atoms with E-state index in [1.54, 1.807) is 0 Å². The molecule has 0 spiro atoms. The zero-order valence-corrected chi connectivity index (χ0v) is 13.6. The van der Waals surface area contributed by atoms with Gasteiger partial charge in [-0.15, -0.1) is 0 Å². The monoisotopic (exact) mass is 329 g/mol. The van der Waals surface area contributed by atoms with Crippen LogP contribution in [0.2, 0.25) is 0 Å². The number of hydrogen-bond donors (Lipinski definition) is 1. The van der Waals surface area contributed by atoms with E-state index in [2.05, 4.69) is 15.3 Å². The van der Waals surface area contributed by atoms with Crippen molar-refractivity contribution in [3.63, 3.8) is 0 Å². The lowest BCUT2D eigenvalue weighted by atomic mass is 10.00. The van der Waals surface area contributed by atoms with E-state index in [4.69, 9.17) is 14.2 Å². The van der Waals surface area contributed by atoms with E-state index < -0.39 is 0 Å². The first-order valence-corrected chi connectivity index (χ1v) is 7.77.